The summed E-state index contributed by atoms with van der Waals surface area (Å²) in [5.74, 6) is 4.90. The topological polar surface area (TPSA) is 38.0 Å². The van der Waals surface area contributed by atoms with E-state index >= 15 is 0 Å². The number of benzene rings is 2. The van der Waals surface area contributed by atoms with Gasteiger partial charge in [-0.15, -0.1) is 0 Å². The Balaban J connectivity index is 2.49. The van der Waals surface area contributed by atoms with E-state index in [1.54, 1.807) is 19.1 Å². The normalized spacial score (nSPS) is 12.5. The molecule has 0 fully saturated rings. The van der Waals surface area contributed by atoms with E-state index in [9.17, 15) is 8.78 Å². The van der Waals surface area contributed by atoms with Crippen LogP contribution in [-0.2, 0) is 0 Å². The third kappa shape index (κ3) is 3.18. The molecule has 0 aliphatic heterocycles. The second-order valence-corrected chi connectivity index (χ2v) is 5.22. The van der Waals surface area contributed by atoms with Crippen LogP contribution in [0.4, 0.5) is 8.78 Å². The SMILES string of the molecule is Cc1cc(F)ccc1C(NN)c1cc(F)cc(Br)c1. The lowest BCUT2D eigenvalue weighted by molar-refractivity contribution is 0.597. The van der Waals surface area contributed by atoms with Crippen molar-refractivity contribution in [3.63, 3.8) is 0 Å². The Morgan fingerprint density at radius 1 is 1.11 bits per heavy atom. The Bertz CT molecular complexity index is 582. The molecule has 19 heavy (non-hydrogen) atoms. The zero-order chi connectivity index (χ0) is 14.0. The predicted octanol–water partition coefficient (Wildman–Crippen LogP) is 3.59. The van der Waals surface area contributed by atoms with E-state index in [2.05, 4.69) is 21.4 Å². The summed E-state index contributed by atoms with van der Waals surface area (Å²) in [5, 5.41) is 0. The number of hydrogen-bond acceptors (Lipinski definition) is 2. The van der Waals surface area contributed by atoms with E-state index in [0.717, 1.165) is 11.1 Å². The van der Waals surface area contributed by atoms with E-state index in [1.807, 2.05) is 0 Å². The van der Waals surface area contributed by atoms with Gasteiger partial charge in [-0.05, 0) is 53.9 Å². The number of rotatable bonds is 3. The minimum atomic E-state index is -0.396. The Morgan fingerprint density at radius 2 is 1.84 bits per heavy atom. The molecule has 2 aromatic carbocycles. The second-order valence-electron chi connectivity index (χ2n) is 4.30. The summed E-state index contributed by atoms with van der Waals surface area (Å²) < 4.78 is 27.2. The Labute approximate surface area is 118 Å². The second kappa shape index (κ2) is 5.77. The molecule has 0 bridgehead atoms. The molecular formula is C14H13BrF2N2. The molecule has 0 amide bonds. The van der Waals surface area contributed by atoms with Gasteiger partial charge in [-0.25, -0.2) is 14.2 Å². The van der Waals surface area contributed by atoms with Crippen LogP contribution in [0.1, 0.15) is 22.7 Å². The molecule has 0 spiro atoms. The van der Waals surface area contributed by atoms with Crippen molar-refractivity contribution in [1.82, 2.24) is 5.43 Å². The maximum absolute atomic E-state index is 13.4. The first-order valence-electron chi connectivity index (χ1n) is 5.69. The van der Waals surface area contributed by atoms with Crippen LogP contribution in [-0.4, -0.2) is 0 Å². The number of nitrogens with one attached hydrogen (secondary N) is 1. The van der Waals surface area contributed by atoms with Gasteiger partial charge in [-0.1, -0.05) is 22.0 Å². The fourth-order valence-corrected chi connectivity index (χ4v) is 2.55. The molecule has 5 heteroatoms. The standard InChI is InChI=1S/C14H13BrF2N2/c1-8-4-11(16)2-3-13(8)14(19-18)9-5-10(15)7-12(17)6-9/h2-7,14,19H,18H2,1H3. The highest BCUT2D eigenvalue weighted by Crippen LogP contribution is 2.27. The molecule has 2 aromatic rings. The van der Waals surface area contributed by atoms with Crippen LogP contribution in [0.2, 0.25) is 0 Å². The molecule has 0 aliphatic rings. The molecule has 2 rings (SSSR count). The van der Waals surface area contributed by atoms with E-state index in [-0.39, 0.29) is 11.6 Å². The van der Waals surface area contributed by atoms with Gasteiger partial charge in [-0.2, -0.15) is 0 Å². The van der Waals surface area contributed by atoms with Crippen molar-refractivity contribution in [3.05, 3.63) is 69.2 Å². The zero-order valence-electron chi connectivity index (χ0n) is 10.3. The number of aryl methyl sites for hydroxylation is 1. The van der Waals surface area contributed by atoms with E-state index < -0.39 is 6.04 Å². The fourth-order valence-electron chi connectivity index (χ4n) is 2.07. The van der Waals surface area contributed by atoms with Crippen molar-refractivity contribution < 1.29 is 8.78 Å². The Hall–Kier alpha value is -1.30. The summed E-state index contributed by atoms with van der Waals surface area (Å²) in [6, 6.07) is 8.58. The quantitative estimate of drug-likeness (QED) is 0.668. The lowest BCUT2D eigenvalue weighted by Crippen LogP contribution is -2.29. The molecular weight excluding hydrogens is 314 g/mol. The Morgan fingerprint density at radius 3 is 2.42 bits per heavy atom. The monoisotopic (exact) mass is 326 g/mol. The highest BCUT2D eigenvalue weighted by molar-refractivity contribution is 9.10. The van der Waals surface area contributed by atoms with Gasteiger partial charge in [0.15, 0.2) is 0 Å². The van der Waals surface area contributed by atoms with E-state index in [0.29, 0.717) is 10.0 Å². The molecule has 2 nitrogen and oxygen atoms in total. The predicted molar refractivity (Wildman–Crippen MR) is 74.4 cm³/mol. The molecule has 0 radical (unpaired) electrons. The third-order valence-corrected chi connectivity index (χ3v) is 3.39. The van der Waals surface area contributed by atoms with Crippen molar-refractivity contribution in [3.8, 4) is 0 Å². The maximum Gasteiger partial charge on any atom is 0.124 e. The summed E-state index contributed by atoms with van der Waals surface area (Å²) in [6.45, 7) is 1.79. The van der Waals surface area contributed by atoms with E-state index in [1.165, 1.54) is 24.3 Å². The summed E-state index contributed by atoms with van der Waals surface area (Å²) >= 11 is 3.24. The van der Waals surface area contributed by atoms with Gasteiger partial charge < -0.3 is 0 Å². The van der Waals surface area contributed by atoms with Crippen molar-refractivity contribution in [1.29, 1.82) is 0 Å². The summed E-state index contributed by atoms with van der Waals surface area (Å²) in [4.78, 5) is 0. The van der Waals surface area contributed by atoms with Crippen LogP contribution in [0.25, 0.3) is 0 Å². The molecule has 0 saturated carbocycles. The molecule has 0 saturated heterocycles. The lowest BCUT2D eigenvalue weighted by atomic mass is 9.95. The minimum absolute atomic E-state index is 0.308. The first-order valence-corrected chi connectivity index (χ1v) is 6.48. The molecule has 1 atom stereocenters. The lowest BCUT2D eigenvalue weighted by Gasteiger charge is -2.19. The maximum atomic E-state index is 13.4. The highest BCUT2D eigenvalue weighted by atomic mass is 79.9. The highest BCUT2D eigenvalue weighted by Gasteiger charge is 2.16. The smallest absolute Gasteiger partial charge is 0.124 e. The number of hydrazine groups is 1. The summed E-state index contributed by atoms with van der Waals surface area (Å²) in [7, 11) is 0. The average molecular weight is 327 g/mol. The number of nitrogens with two attached hydrogens (primary N) is 1. The summed E-state index contributed by atoms with van der Waals surface area (Å²) in [6.07, 6.45) is 0. The van der Waals surface area contributed by atoms with Crippen LogP contribution in [0.5, 0.6) is 0 Å². The first kappa shape index (κ1) is 14.1. The molecule has 0 heterocycles. The van der Waals surface area contributed by atoms with Crippen LogP contribution >= 0.6 is 15.9 Å². The van der Waals surface area contributed by atoms with Crippen molar-refractivity contribution in [2.75, 3.05) is 0 Å². The fraction of sp³-hybridized carbons (Fsp3) is 0.143. The molecule has 0 aromatic heterocycles. The largest absolute Gasteiger partial charge is 0.271 e. The van der Waals surface area contributed by atoms with Crippen molar-refractivity contribution in [2.24, 2.45) is 5.84 Å². The van der Waals surface area contributed by atoms with Gasteiger partial charge in [0, 0.05) is 4.47 Å². The van der Waals surface area contributed by atoms with Crippen molar-refractivity contribution in [2.45, 2.75) is 13.0 Å². The number of halogens is 3. The summed E-state index contributed by atoms with van der Waals surface area (Å²) in [5.41, 5.74) is 4.87. The van der Waals surface area contributed by atoms with Gasteiger partial charge in [0.25, 0.3) is 0 Å². The van der Waals surface area contributed by atoms with Gasteiger partial charge in [0.1, 0.15) is 11.6 Å². The van der Waals surface area contributed by atoms with Crippen LogP contribution in [0, 0.1) is 18.6 Å². The Kier molecular flexibility index (Phi) is 4.29. The van der Waals surface area contributed by atoms with Gasteiger partial charge >= 0.3 is 0 Å². The van der Waals surface area contributed by atoms with Gasteiger partial charge in [0.05, 0.1) is 6.04 Å². The van der Waals surface area contributed by atoms with Crippen LogP contribution in [0.3, 0.4) is 0 Å². The minimum Gasteiger partial charge on any atom is -0.271 e. The first-order chi connectivity index (χ1) is 9.01. The van der Waals surface area contributed by atoms with Crippen molar-refractivity contribution >= 4 is 15.9 Å². The molecule has 1 unspecified atom stereocenters. The average Bonchev–Trinajstić information content (AvgIpc) is 2.31. The molecule has 100 valence electrons. The zero-order valence-corrected chi connectivity index (χ0v) is 11.8. The molecule has 3 N–H and O–H groups in total. The van der Waals surface area contributed by atoms with E-state index in [4.69, 9.17) is 5.84 Å². The van der Waals surface area contributed by atoms with Gasteiger partial charge in [-0.3, -0.25) is 5.84 Å². The number of hydrogen-bond donors (Lipinski definition) is 2. The van der Waals surface area contributed by atoms with Gasteiger partial charge in [0.2, 0.25) is 0 Å². The van der Waals surface area contributed by atoms with Crippen LogP contribution in [0.15, 0.2) is 40.9 Å². The third-order valence-electron chi connectivity index (χ3n) is 2.93. The molecule has 0 aliphatic carbocycles. The van der Waals surface area contributed by atoms with Crippen LogP contribution < -0.4 is 11.3 Å².